The highest BCUT2D eigenvalue weighted by atomic mass is 16.5. The van der Waals surface area contributed by atoms with E-state index in [1.165, 1.54) is 31.3 Å². The smallest absolute Gasteiger partial charge is 0.251 e. The summed E-state index contributed by atoms with van der Waals surface area (Å²) in [5.74, 6) is 0.685. The molecule has 0 saturated heterocycles. The first kappa shape index (κ1) is 18.3. The van der Waals surface area contributed by atoms with E-state index < -0.39 is 0 Å². The van der Waals surface area contributed by atoms with Crippen molar-refractivity contribution in [1.82, 2.24) is 14.7 Å². The Hall–Kier alpha value is -3.08. The molecule has 5 heteroatoms. The normalized spacial score (nSPS) is 13.9. The van der Waals surface area contributed by atoms with E-state index in [9.17, 15) is 4.79 Å². The summed E-state index contributed by atoms with van der Waals surface area (Å²) < 4.78 is 7.77. The predicted octanol–water partition coefficient (Wildman–Crippen LogP) is 4.53. The van der Waals surface area contributed by atoms with Crippen molar-refractivity contribution < 1.29 is 9.53 Å². The zero-order valence-electron chi connectivity index (χ0n) is 15.9. The average molecular weight is 375 g/mol. The van der Waals surface area contributed by atoms with Crippen LogP contribution >= 0.6 is 0 Å². The van der Waals surface area contributed by atoms with Crippen LogP contribution in [0.5, 0.6) is 5.75 Å². The first-order valence-corrected chi connectivity index (χ1v) is 9.89. The van der Waals surface area contributed by atoms with Crippen LogP contribution in [0.15, 0.2) is 66.5 Å². The molecule has 5 nitrogen and oxygen atoms in total. The number of carbonyl (C=O) groups excluding carboxylic acids is 1. The minimum absolute atomic E-state index is 0.0386. The van der Waals surface area contributed by atoms with Gasteiger partial charge in [-0.05, 0) is 68.5 Å². The molecule has 0 unspecified atom stereocenters. The summed E-state index contributed by atoms with van der Waals surface area (Å²) in [5, 5.41) is 3.01. The Labute approximate surface area is 165 Å². The van der Waals surface area contributed by atoms with Gasteiger partial charge in [0.2, 0.25) is 0 Å². The highest BCUT2D eigenvalue weighted by Gasteiger charge is 2.08. The lowest BCUT2D eigenvalue weighted by molar-refractivity contribution is 0.0954. The summed E-state index contributed by atoms with van der Waals surface area (Å²) in [7, 11) is 0. The van der Waals surface area contributed by atoms with Gasteiger partial charge in [-0.15, -0.1) is 0 Å². The quantitative estimate of drug-likeness (QED) is 0.617. The minimum Gasteiger partial charge on any atom is -0.487 e. The van der Waals surface area contributed by atoms with E-state index in [-0.39, 0.29) is 5.91 Å². The van der Waals surface area contributed by atoms with E-state index in [0.717, 1.165) is 23.5 Å². The van der Waals surface area contributed by atoms with Crippen LogP contribution in [0.3, 0.4) is 0 Å². The SMILES string of the molecule is O=C(NCCC1=CCCCC1)c1ccc(OCc2cn3ccccc3n2)cc1. The maximum absolute atomic E-state index is 12.3. The summed E-state index contributed by atoms with van der Waals surface area (Å²) in [6.45, 7) is 1.08. The highest BCUT2D eigenvalue weighted by Crippen LogP contribution is 2.19. The van der Waals surface area contributed by atoms with Crippen molar-refractivity contribution >= 4 is 11.6 Å². The number of nitrogens with one attached hydrogen (secondary N) is 1. The first-order chi connectivity index (χ1) is 13.8. The molecule has 1 aliphatic carbocycles. The molecule has 3 aromatic rings. The molecule has 2 aromatic heterocycles. The molecular formula is C23H25N3O2. The summed E-state index contributed by atoms with van der Waals surface area (Å²) in [6, 6.07) is 13.1. The summed E-state index contributed by atoms with van der Waals surface area (Å²) in [5.41, 5.74) is 3.89. The second-order valence-corrected chi connectivity index (χ2v) is 7.13. The van der Waals surface area contributed by atoms with Crippen molar-refractivity contribution in [2.75, 3.05) is 6.54 Å². The second-order valence-electron chi connectivity index (χ2n) is 7.13. The number of pyridine rings is 1. The van der Waals surface area contributed by atoms with Crippen LogP contribution in [0.25, 0.3) is 5.65 Å². The number of ether oxygens (including phenoxy) is 1. The topological polar surface area (TPSA) is 55.6 Å². The molecule has 0 bridgehead atoms. The van der Waals surface area contributed by atoms with Gasteiger partial charge in [0.1, 0.15) is 18.0 Å². The van der Waals surface area contributed by atoms with Crippen LogP contribution in [0.4, 0.5) is 0 Å². The lowest BCUT2D eigenvalue weighted by Crippen LogP contribution is -2.24. The fourth-order valence-electron chi connectivity index (χ4n) is 3.49. The second kappa shape index (κ2) is 8.74. The first-order valence-electron chi connectivity index (χ1n) is 9.89. The molecule has 28 heavy (non-hydrogen) atoms. The Kier molecular flexibility index (Phi) is 5.71. The fourth-order valence-corrected chi connectivity index (χ4v) is 3.49. The summed E-state index contributed by atoms with van der Waals surface area (Å²) in [4.78, 5) is 16.8. The van der Waals surface area contributed by atoms with Crippen molar-refractivity contribution in [3.05, 3.63) is 77.8 Å². The molecule has 1 aromatic carbocycles. The number of hydrogen-bond donors (Lipinski definition) is 1. The van der Waals surface area contributed by atoms with Gasteiger partial charge in [-0.3, -0.25) is 4.79 Å². The third-order valence-corrected chi connectivity index (χ3v) is 5.03. The lowest BCUT2D eigenvalue weighted by Gasteiger charge is -2.13. The Balaban J connectivity index is 1.26. The number of imidazole rings is 1. The Morgan fingerprint density at radius 3 is 2.82 bits per heavy atom. The molecule has 2 heterocycles. The molecule has 0 radical (unpaired) electrons. The molecule has 4 rings (SSSR count). The van der Waals surface area contributed by atoms with E-state index in [2.05, 4.69) is 16.4 Å². The van der Waals surface area contributed by atoms with E-state index >= 15 is 0 Å². The molecule has 0 aliphatic heterocycles. The maximum Gasteiger partial charge on any atom is 0.251 e. The van der Waals surface area contributed by atoms with Crippen molar-refractivity contribution in [2.45, 2.75) is 38.7 Å². The largest absolute Gasteiger partial charge is 0.487 e. The molecule has 1 amide bonds. The van der Waals surface area contributed by atoms with Crippen LogP contribution < -0.4 is 10.1 Å². The number of benzene rings is 1. The number of aromatic nitrogens is 2. The Morgan fingerprint density at radius 1 is 1.14 bits per heavy atom. The maximum atomic E-state index is 12.3. The van der Waals surface area contributed by atoms with Crippen LogP contribution in [-0.2, 0) is 6.61 Å². The molecule has 0 saturated carbocycles. The number of allylic oxidation sites excluding steroid dienone is 1. The number of amides is 1. The molecule has 144 valence electrons. The van der Waals surface area contributed by atoms with Gasteiger partial charge in [0.15, 0.2) is 0 Å². The number of hydrogen-bond acceptors (Lipinski definition) is 3. The minimum atomic E-state index is -0.0386. The number of nitrogens with zero attached hydrogens (tertiary/aromatic N) is 2. The molecule has 1 aliphatic rings. The fraction of sp³-hybridized carbons (Fsp3) is 0.304. The van der Waals surface area contributed by atoms with Gasteiger partial charge in [0.05, 0.1) is 5.69 Å². The molecule has 0 fully saturated rings. The van der Waals surface area contributed by atoms with E-state index in [1.54, 1.807) is 12.1 Å². The standard InChI is InChI=1S/C23H25N3O2/c27-23(24-14-13-18-6-2-1-3-7-18)19-9-11-21(12-10-19)28-17-20-16-26-15-5-4-8-22(26)25-20/h4-6,8-12,15-16H,1-3,7,13-14,17H2,(H,24,27). The van der Waals surface area contributed by atoms with E-state index in [0.29, 0.717) is 18.7 Å². The van der Waals surface area contributed by atoms with Crippen molar-refractivity contribution in [3.8, 4) is 5.75 Å². The van der Waals surface area contributed by atoms with E-state index in [1.807, 2.05) is 47.1 Å². The number of fused-ring (bicyclic) bond motifs is 1. The van der Waals surface area contributed by atoms with E-state index in [4.69, 9.17) is 4.74 Å². The van der Waals surface area contributed by atoms with Gasteiger partial charge in [0.25, 0.3) is 5.91 Å². The van der Waals surface area contributed by atoms with Gasteiger partial charge in [-0.25, -0.2) is 4.98 Å². The Morgan fingerprint density at radius 2 is 2.04 bits per heavy atom. The van der Waals surface area contributed by atoms with Crippen LogP contribution in [-0.4, -0.2) is 21.8 Å². The third kappa shape index (κ3) is 4.60. The van der Waals surface area contributed by atoms with Crippen LogP contribution in [0.2, 0.25) is 0 Å². The lowest BCUT2D eigenvalue weighted by atomic mass is 9.97. The van der Waals surface area contributed by atoms with Gasteiger partial charge >= 0.3 is 0 Å². The molecular weight excluding hydrogens is 350 g/mol. The Bertz CT molecular complexity index is 940. The van der Waals surface area contributed by atoms with Gasteiger partial charge in [0, 0.05) is 24.5 Å². The monoisotopic (exact) mass is 375 g/mol. The summed E-state index contributed by atoms with van der Waals surface area (Å²) >= 11 is 0. The molecule has 0 atom stereocenters. The van der Waals surface area contributed by atoms with Crippen LogP contribution in [0, 0.1) is 0 Å². The van der Waals surface area contributed by atoms with Gasteiger partial charge in [-0.2, -0.15) is 0 Å². The van der Waals surface area contributed by atoms with Crippen molar-refractivity contribution in [2.24, 2.45) is 0 Å². The highest BCUT2D eigenvalue weighted by molar-refractivity contribution is 5.94. The molecule has 1 N–H and O–H groups in total. The molecule has 0 spiro atoms. The summed E-state index contributed by atoms with van der Waals surface area (Å²) in [6.07, 6.45) is 12.1. The van der Waals surface area contributed by atoms with Gasteiger partial charge < -0.3 is 14.5 Å². The zero-order chi connectivity index (χ0) is 19.2. The van der Waals surface area contributed by atoms with Crippen molar-refractivity contribution in [3.63, 3.8) is 0 Å². The number of carbonyl (C=O) groups is 1. The number of rotatable bonds is 7. The van der Waals surface area contributed by atoms with Crippen molar-refractivity contribution in [1.29, 1.82) is 0 Å². The average Bonchev–Trinajstić information content (AvgIpc) is 3.16. The van der Waals surface area contributed by atoms with Gasteiger partial charge in [-0.1, -0.05) is 17.7 Å². The third-order valence-electron chi connectivity index (χ3n) is 5.03. The zero-order valence-corrected chi connectivity index (χ0v) is 15.9. The van der Waals surface area contributed by atoms with Crippen LogP contribution in [0.1, 0.15) is 48.2 Å². The predicted molar refractivity (Wildman–Crippen MR) is 109 cm³/mol.